The number of carbonyl (C=O) groups excluding carboxylic acids is 1. The number of nitrogens with two attached hydrogens (primary N) is 1. The third-order valence-electron chi connectivity index (χ3n) is 0.983. The standard InChI is InChI=1S/C7H14N2O2/c1-2-6-11-7(10)9-5-3-4-8/h2H,1,3-6,8H2,(H,9,10). The maximum absolute atomic E-state index is 10.7. The predicted molar refractivity (Wildman–Crippen MR) is 43.2 cm³/mol. The van der Waals surface area contributed by atoms with Crippen molar-refractivity contribution in [2.24, 2.45) is 5.73 Å². The normalized spacial score (nSPS) is 8.82. The van der Waals surface area contributed by atoms with Crippen molar-refractivity contribution in [3.8, 4) is 0 Å². The van der Waals surface area contributed by atoms with E-state index in [-0.39, 0.29) is 6.61 Å². The molecule has 0 aromatic carbocycles. The number of nitrogens with one attached hydrogen (secondary N) is 1. The molecule has 1 amide bonds. The van der Waals surface area contributed by atoms with Gasteiger partial charge in [0.05, 0.1) is 0 Å². The van der Waals surface area contributed by atoms with Crippen LogP contribution < -0.4 is 11.1 Å². The van der Waals surface area contributed by atoms with Crippen molar-refractivity contribution in [3.63, 3.8) is 0 Å². The molecule has 4 heteroatoms. The van der Waals surface area contributed by atoms with E-state index in [1.54, 1.807) is 0 Å². The first-order valence-corrected chi connectivity index (χ1v) is 3.53. The van der Waals surface area contributed by atoms with Gasteiger partial charge in [-0.2, -0.15) is 0 Å². The molecule has 0 aromatic heterocycles. The zero-order valence-corrected chi connectivity index (χ0v) is 6.51. The molecule has 0 saturated carbocycles. The Hall–Kier alpha value is -1.03. The van der Waals surface area contributed by atoms with Gasteiger partial charge in [0, 0.05) is 6.54 Å². The molecule has 0 unspecified atom stereocenters. The molecule has 64 valence electrons. The molecule has 0 aliphatic heterocycles. The van der Waals surface area contributed by atoms with Crippen LogP contribution in [-0.4, -0.2) is 25.8 Å². The molecule has 0 aliphatic carbocycles. The zero-order chi connectivity index (χ0) is 8.53. The lowest BCUT2D eigenvalue weighted by Gasteiger charge is -2.02. The molecule has 0 rings (SSSR count). The van der Waals surface area contributed by atoms with Crippen molar-refractivity contribution in [1.82, 2.24) is 5.32 Å². The molecule has 0 radical (unpaired) electrons. The van der Waals surface area contributed by atoms with Gasteiger partial charge in [-0.25, -0.2) is 4.79 Å². The van der Waals surface area contributed by atoms with Crippen LogP contribution >= 0.6 is 0 Å². The highest BCUT2D eigenvalue weighted by Crippen LogP contribution is 1.78. The Bertz CT molecular complexity index is 126. The Morgan fingerprint density at radius 2 is 2.45 bits per heavy atom. The van der Waals surface area contributed by atoms with Crippen molar-refractivity contribution < 1.29 is 9.53 Å². The summed E-state index contributed by atoms with van der Waals surface area (Å²) < 4.78 is 4.63. The summed E-state index contributed by atoms with van der Waals surface area (Å²) in [5.41, 5.74) is 5.21. The lowest BCUT2D eigenvalue weighted by Crippen LogP contribution is -2.26. The summed E-state index contributed by atoms with van der Waals surface area (Å²) in [4.78, 5) is 10.7. The summed E-state index contributed by atoms with van der Waals surface area (Å²) in [5.74, 6) is 0. The van der Waals surface area contributed by atoms with Gasteiger partial charge in [0.25, 0.3) is 0 Å². The largest absolute Gasteiger partial charge is 0.445 e. The van der Waals surface area contributed by atoms with Crippen molar-refractivity contribution in [3.05, 3.63) is 12.7 Å². The molecular weight excluding hydrogens is 144 g/mol. The maximum atomic E-state index is 10.7. The third-order valence-corrected chi connectivity index (χ3v) is 0.983. The number of hydrogen-bond acceptors (Lipinski definition) is 3. The number of alkyl carbamates (subject to hydrolysis) is 1. The summed E-state index contributed by atoms with van der Waals surface area (Å²) in [5, 5.41) is 2.53. The molecule has 0 spiro atoms. The van der Waals surface area contributed by atoms with Crippen LogP contribution in [0.25, 0.3) is 0 Å². The van der Waals surface area contributed by atoms with E-state index in [1.165, 1.54) is 6.08 Å². The third kappa shape index (κ3) is 6.86. The minimum absolute atomic E-state index is 0.245. The van der Waals surface area contributed by atoms with Crippen LogP contribution in [-0.2, 0) is 4.74 Å². The Morgan fingerprint density at radius 1 is 1.73 bits per heavy atom. The second-order valence-electron chi connectivity index (χ2n) is 1.96. The number of rotatable bonds is 5. The Labute approximate surface area is 66.4 Å². The highest BCUT2D eigenvalue weighted by Gasteiger charge is 1.96. The van der Waals surface area contributed by atoms with Gasteiger partial charge in [-0.15, -0.1) is 0 Å². The van der Waals surface area contributed by atoms with Crippen molar-refractivity contribution in [1.29, 1.82) is 0 Å². The van der Waals surface area contributed by atoms with Gasteiger partial charge in [0.1, 0.15) is 6.61 Å². The molecule has 0 atom stereocenters. The molecule has 0 bridgehead atoms. The van der Waals surface area contributed by atoms with Gasteiger partial charge in [-0.05, 0) is 13.0 Å². The summed E-state index contributed by atoms with van der Waals surface area (Å²) in [7, 11) is 0. The smallest absolute Gasteiger partial charge is 0.407 e. The quantitative estimate of drug-likeness (QED) is 0.445. The summed E-state index contributed by atoms with van der Waals surface area (Å²) in [6, 6.07) is 0. The molecule has 0 fully saturated rings. The first-order valence-electron chi connectivity index (χ1n) is 3.53. The van der Waals surface area contributed by atoms with E-state index in [0.29, 0.717) is 13.1 Å². The van der Waals surface area contributed by atoms with E-state index in [0.717, 1.165) is 6.42 Å². The molecule has 0 heterocycles. The molecule has 3 N–H and O–H groups in total. The van der Waals surface area contributed by atoms with E-state index in [9.17, 15) is 4.79 Å². The van der Waals surface area contributed by atoms with Gasteiger partial charge < -0.3 is 15.8 Å². The number of ether oxygens (including phenoxy) is 1. The topological polar surface area (TPSA) is 64.3 Å². The van der Waals surface area contributed by atoms with Gasteiger partial charge in [-0.1, -0.05) is 12.7 Å². The SMILES string of the molecule is C=CCOC(=O)NCCCN. The second kappa shape index (κ2) is 7.08. The van der Waals surface area contributed by atoms with Crippen molar-refractivity contribution in [2.45, 2.75) is 6.42 Å². The van der Waals surface area contributed by atoms with Crippen LogP contribution in [0.5, 0.6) is 0 Å². The van der Waals surface area contributed by atoms with Crippen molar-refractivity contribution >= 4 is 6.09 Å². The summed E-state index contributed by atoms with van der Waals surface area (Å²) >= 11 is 0. The Kier molecular flexibility index (Phi) is 6.42. The molecular formula is C7H14N2O2. The van der Waals surface area contributed by atoms with Crippen LogP contribution in [0.2, 0.25) is 0 Å². The summed E-state index contributed by atoms with van der Waals surface area (Å²) in [6.45, 7) is 4.78. The van der Waals surface area contributed by atoms with Gasteiger partial charge >= 0.3 is 6.09 Å². The first-order chi connectivity index (χ1) is 5.31. The first kappa shape index (κ1) is 9.97. The molecule has 0 aliphatic rings. The fourth-order valence-electron chi connectivity index (χ4n) is 0.478. The molecule has 0 saturated heterocycles. The van der Waals surface area contributed by atoms with Crippen LogP contribution in [0.1, 0.15) is 6.42 Å². The molecule has 4 nitrogen and oxygen atoms in total. The predicted octanol–water partition coefficient (Wildman–Crippen LogP) is 0.247. The average Bonchev–Trinajstić information content (AvgIpc) is 2.01. The number of carbonyl (C=O) groups is 1. The fourth-order valence-corrected chi connectivity index (χ4v) is 0.478. The zero-order valence-electron chi connectivity index (χ0n) is 6.51. The van der Waals surface area contributed by atoms with E-state index in [4.69, 9.17) is 5.73 Å². The van der Waals surface area contributed by atoms with Gasteiger partial charge in [0.2, 0.25) is 0 Å². The minimum atomic E-state index is -0.418. The summed E-state index contributed by atoms with van der Waals surface area (Å²) in [6.07, 6.45) is 1.87. The van der Waals surface area contributed by atoms with Crippen LogP contribution in [0, 0.1) is 0 Å². The van der Waals surface area contributed by atoms with Crippen LogP contribution in [0.15, 0.2) is 12.7 Å². The maximum Gasteiger partial charge on any atom is 0.407 e. The lowest BCUT2D eigenvalue weighted by molar-refractivity contribution is 0.158. The highest BCUT2D eigenvalue weighted by molar-refractivity contribution is 5.67. The lowest BCUT2D eigenvalue weighted by atomic mass is 10.4. The van der Waals surface area contributed by atoms with Crippen LogP contribution in [0.3, 0.4) is 0 Å². The van der Waals surface area contributed by atoms with E-state index >= 15 is 0 Å². The molecule has 0 aromatic rings. The monoisotopic (exact) mass is 158 g/mol. The van der Waals surface area contributed by atoms with E-state index in [1.807, 2.05) is 0 Å². The highest BCUT2D eigenvalue weighted by atomic mass is 16.5. The number of amides is 1. The van der Waals surface area contributed by atoms with Gasteiger partial charge in [0.15, 0.2) is 0 Å². The number of hydrogen-bond donors (Lipinski definition) is 2. The minimum Gasteiger partial charge on any atom is -0.445 e. The van der Waals surface area contributed by atoms with E-state index in [2.05, 4.69) is 16.6 Å². The van der Waals surface area contributed by atoms with Gasteiger partial charge in [-0.3, -0.25) is 0 Å². The van der Waals surface area contributed by atoms with E-state index < -0.39 is 6.09 Å². The molecule has 11 heavy (non-hydrogen) atoms. The Balaban J connectivity index is 3.15. The van der Waals surface area contributed by atoms with Crippen molar-refractivity contribution in [2.75, 3.05) is 19.7 Å². The van der Waals surface area contributed by atoms with Crippen LogP contribution in [0.4, 0.5) is 4.79 Å². The average molecular weight is 158 g/mol. The fraction of sp³-hybridized carbons (Fsp3) is 0.571. The second-order valence-corrected chi connectivity index (χ2v) is 1.96. The Morgan fingerprint density at radius 3 is 3.00 bits per heavy atom.